The van der Waals surface area contributed by atoms with Crippen LogP contribution in [0.2, 0.25) is 0 Å². The van der Waals surface area contributed by atoms with E-state index in [1.54, 1.807) is 12.1 Å². The van der Waals surface area contributed by atoms with Crippen LogP contribution in [-0.2, 0) is 9.05 Å². The molecule has 0 amide bonds. The molecule has 0 aliphatic heterocycles. The van der Waals surface area contributed by atoms with Crippen molar-refractivity contribution in [3.8, 4) is 0 Å². The Morgan fingerprint density at radius 1 is 0.955 bits per heavy atom. The summed E-state index contributed by atoms with van der Waals surface area (Å²) in [4.78, 5) is 0.267. The highest BCUT2D eigenvalue weighted by atomic mass is 35.7. The topological polar surface area (TPSA) is 34.1 Å². The van der Waals surface area contributed by atoms with Gasteiger partial charge in [-0.05, 0) is 24.0 Å². The van der Waals surface area contributed by atoms with E-state index >= 15 is 0 Å². The van der Waals surface area contributed by atoms with Crippen molar-refractivity contribution in [3.63, 3.8) is 0 Å². The third-order valence-corrected chi connectivity index (χ3v) is 5.60. The van der Waals surface area contributed by atoms with E-state index in [-0.39, 0.29) is 10.8 Å². The Kier molecular flexibility index (Phi) is 9.11. The maximum atomic E-state index is 11.6. The summed E-state index contributed by atoms with van der Waals surface area (Å²) in [5, 5.41) is 0. The van der Waals surface area contributed by atoms with Gasteiger partial charge in [-0.25, -0.2) is 8.42 Å². The number of rotatable bonds is 11. The number of hydrogen-bond donors (Lipinski definition) is 0. The Morgan fingerprint density at radius 2 is 1.50 bits per heavy atom. The van der Waals surface area contributed by atoms with Gasteiger partial charge in [0.25, 0.3) is 9.05 Å². The molecule has 0 aliphatic carbocycles. The molecule has 0 saturated carbocycles. The molecule has 1 unspecified atom stereocenters. The van der Waals surface area contributed by atoms with Gasteiger partial charge in [0.15, 0.2) is 0 Å². The zero-order valence-corrected chi connectivity index (χ0v) is 15.4. The van der Waals surface area contributed by atoms with Gasteiger partial charge in [0.05, 0.1) is 4.90 Å². The van der Waals surface area contributed by atoms with Gasteiger partial charge in [-0.15, -0.1) is 0 Å². The minimum Gasteiger partial charge on any atom is -0.207 e. The zero-order chi connectivity index (χ0) is 16.4. The van der Waals surface area contributed by atoms with E-state index in [9.17, 15) is 8.42 Å². The number of unbranched alkanes of at least 4 members (excludes halogenated alkanes) is 7. The molecule has 0 aliphatic rings. The van der Waals surface area contributed by atoms with Crippen LogP contribution >= 0.6 is 10.7 Å². The Morgan fingerprint density at radius 3 is 2.09 bits per heavy atom. The lowest BCUT2D eigenvalue weighted by atomic mass is 9.94. The first kappa shape index (κ1) is 19.5. The van der Waals surface area contributed by atoms with Gasteiger partial charge in [0, 0.05) is 10.7 Å². The number of hydrogen-bond acceptors (Lipinski definition) is 2. The second-order valence-corrected chi connectivity index (χ2v) is 8.67. The first-order valence-corrected chi connectivity index (χ1v) is 10.8. The van der Waals surface area contributed by atoms with Gasteiger partial charge in [-0.3, -0.25) is 0 Å². The first-order valence-electron chi connectivity index (χ1n) is 8.50. The highest BCUT2D eigenvalue weighted by molar-refractivity contribution is 8.13. The lowest BCUT2D eigenvalue weighted by molar-refractivity contribution is 0.540. The molecule has 0 heterocycles. The molecule has 4 heteroatoms. The lowest BCUT2D eigenvalue weighted by Crippen LogP contribution is -2.02. The van der Waals surface area contributed by atoms with Crippen LogP contribution in [0.3, 0.4) is 0 Å². The SMILES string of the molecule is CCCCCCCCCCC(C)c1ccccc1S(=O)(=O)Cl. The summed E-state index contributed by atoms with van der Waals surface area (Å²) >= 11 is 0. The summed E-state index contributed by atoms with van der Waals surface area (Å²) in [5.41, 5.74) is 0.848. The molecule has 0 radical (unpaired) electrons. The van der Waals surface area contributed by atoms with Gasteiger partial charge in [-0.2, -0.15) is 0 Å². The summed E-state index contributed by atoms with van der Waals surface area (Å²) in [6.07, 6.45) is 11.3. The summed E-state index contributed by atoms with van der Waals surface area (Å²) in [6.45, 7) is 4.32. The van der Waals surface area contributed by atoms with Crippen LogP contribution < -0.4 is 0 Å². The van der Waals surface area contributed by atoms with Crippen LogP contribution in [0.1, 0.15) is 83.1 Å². The van der Waals surface area contributed by atoms with Crippen LogP contribution in [-0.4, -0.2) is 8.42 Å². The molecule has 0 fully saturated rings. The Hall–Kier alpha value is -0.540. The predicted molar refractivity (Wildman–Crippen MR) is 95.1 cm³/mol. The van der Waals surface area contributed by atoms with E-state index in [0.717, 1.165) is 18.4 Å². The molecule has 0 aromatic heterocycles. The molecule has 0 bridgehead atoms. The molecule has 1 aromatic carbocycles. The van der Waals surface area contributed by atoms with Gasteiger partial charge < -0.3 is 0 Å². The van der Waals surface area contributed by atoms with Crippen LogP contribution in [0, 0.1) is 0 Å². The highest BCUT2D eigenvalue weighted by Gasteiger charge is 2.18. The third kappa shape index (κ3) is 7.15. The van der Waals surface area contributed by atoms with Crippen molar-refractivity contribution in [2.75, 3.05) is 0 Å². The molecule has 1 atom stereocenters. The van der Waals surface area contributed by atoms with Crippen molar-refractivity contribution in [2.24, 2.45) is 0 Å². The molecule has 0 saturated heterocycles. The molecule has 126 valence electrons. The van der Waals surface area contributed by atoms with E-state index in [4.69, 9.17) is 10.7 Å². The minimum absolute atomic E-state index is 0.227. The van der Waals surface area contributed by atoms with Gasteiger partial charge >= 0.3 is 0 Å². The van der Waals surface area contributed by atoms with Crippen LogP contribution in [0.25, 0.3) is 0 Å². The average Bonchev–Trinajstić information content (AvgIpc) is 2.49. The van der Waals surface area contributed by atoms with Crippen LogP contribution in [0.4, 0.5) is 0 Å². The molecule has 0 N–H and O–H groups in total. The first-order chi connectivity index (χ1) is 10.5. The standard InChI is InChI=1S/C18H29ClO2S/c1-3-4-5-6-7-8-9-10-13-16(2)17-14-11-12-15-18(17)22(19,20)21/h11-12,14-16H,3-10,13H2,1-2H3. The van der Waals surface area contributed by atoms with Crippen molar-refractivity contribution in [3.05, 3.63) is 29.8 Å². The highest BCUT2D eigenvalue weighted by Crippen LogP contribution is 2.29. The molecule has 1 rings (SSSR count). The quantitative estimate of drug-likeness (QED) is 0.351. The number of halogens is 1. The average molecular weight is 345 g/mol. The van der Waals surface area contributed by atoms with Crippen LogP contribution in [0.15, 0.2) is 29.2 Å². The van der Waals surface area contributed by atoms with E-state index < -0.39 is 9.05 Å². The van der Waals surface area contributed by atoms with Gasteiger partial charge in [0.1, 0.15) is 0 Å². The largest absolute Gasteiger partial charge is 0.261 e. The smallest absolute Gasteiger partial charge is 0.207 e. The second-order valence-electron chi connectivity index (χ2n) is 6.14. The molecule has 22 heavy (non-hydrogen) atoms. The van der Waals surface area contributed by atoms with Crippen molar-refractivity contribution in [1.29, 1.82) is 0 Å². The van der Waals surface area contributed by atoms with Crippen molar-refractivity contribution < 1.29 is 8.42 Å². The summed E-state index contributed by atoms with van der Waals surface area (Å²) in [6, 6.07) is 7.08. The Labute approximate surface area is 140 Å². The normalized spacial score (nSPS) is 13.2. The summed E-state index contributed by atoms with van der Waals surface area (Å²) < 4.78 is 23.3. The number of benzene rings is 1. The maximum Gasteiger partial charge on any atom is 0.261 e. The van der Waals surface area contributed by atoms with E-state index in [1.165, 1.54) is 44.9 Å². The van der Waals surface area contributed by atoms with Gasteiger partial charge in [-0.1, -0.05) is 83.4 Å². The Bertz CT molecular complexity index is 526. The molecule has 0 spiro atoms. The summed E-state index contributed by atoms with van der Waals surface area (Å²) in [7, 11) is 1.87. The lowest BCUT2D eigenvalue weighted by Gasteiger charge is -2.14. The van der Waals surface area contributed by atoms with Crippen molar-refractivity contribution in [1.82, 2.24) is 0 Å². The second kappa shape index (κ2) is 10.3. The monoisotopic (exact) mass is 344 g/mol. The molecular weight excluding hydrogens is 316 g/mol. The zero-order valence-electron chi connectivity index (χ0n) is 13.9. The third-order valence-electron chi connectivity index (χ3n) is 4.20. The van der Waals surface area contributed by atoms with Crippen LogP contribution in [0.5, 0.6) is 0 Å². The fraction of sp³-hybridized carbons (Fsp3) is 0.667. The van der Waals surface area contributed by atoms with E-state index in [1.807, 2.05) is 12.1 Å². The van der Waals surface area contributed by atoms with Crippen molar-refractivity contribution >= 4 is 19.7 Å². The fourth-order valence-electron chi connectivity index (χ4n) is 2.85. The fourth-order valence-corrected chi connectivity index (χ4v) is 4.06. The molecule has 1 aromatic rings. The van der Waals surface area contributed by atoms with E-state index in [0.29, 0.717) is 0 Å². The van der Waals surface area contributed by atoms with Gasteiger partial charge in [0.2, 0.25) is 0 Å². The summed E-state index contributed by atoms with van der Waals surface area (Å²) in [5.74, 6) is 0.227. The molecule has 2 nitrogen and oxygen atoms in total. The van der Waals surface area contributed by atoms with E-state index in [2.05, 4.69) is 13.8 Å². The maximum absolute atomic E-state index is 11.6. The minimum atomic E-state index is -3.65. The molecular formula is C18H29ClO2S. The van der Waals surface area contributed by atoms with Crippen molar-refractivity contribution in [2.45, 2.75) is 82.4 Å². The predicted octanol–water partition coefficient (Wildman–Crippen LogP) is 6.25. The Balaban J connectivity index is 2.36.